The van der Waals surface area contributed by atoms with Crippen LogP contribution in [0.25, 0.3) is 0 Å². The first-order valence-corrected chi connectivity index (χ1v) is 3.65. The lowest BCUT2D eigenvalue weighted by molar-refractivity contribution is -0.470. The predicted molar refractivity (Wildman–Crippen MR) is 32.6 cm³/mol. The Morgan fingerprint density at radius 3 is 1.41 bits per heavy atom. The quantitative estimate of drug-likeness (QED) is 0.698. The van der Waals surface area contributed by atoms with E-state index in [4.69, 9.17) is 0 Å². The van der Waals surface area contributed by atoms with Crippen molar-refractivity contribution in [2.24, 2.45) is 0 Å². The summed E-state index contributed by atoms with van der Waals surface area (Å²) in [5, 5.41) is 0. The van der Waals surface area contributed by atoms with E-state index in [-0.39, 0.29) is 0 Å². The molecule has 0 aromatic rings. The second-order valence-electron chi connectivity index (χ2n) is 2.94. The Kier molecular flexibility index (Phi) is 3.99. The van der Waals surface area contributed by atoms with Crippen molar-refractivity contribution in [1.29, 1.82) is 0 Å². The van der Waals surface area contributed by atoms with E-state index in [1.165, 1.54) is 0 Å². The maximum Gasteiger partial charge on any atom is 0.430 e. The van der Waals surface area contributed by atoms with Gasteiger partial charge in [0, 0.05) is 6.92 Å². The molecular weight excluding hydrogens is 278 g/mol. The molecule has 1 nitrogen and oxygen atoms in total. The Hall–Kier alpha value is -0.740. The lowest BCUT2D eigenvalue weighted by atomic mass is 10.2. The van der Waals surface area contributed by atoms with Gasteiger partial charge in [-0.2, -0.15) is 35.1 Å². The summed E-state index contributed by atoms with van der Waals surface area (Å²) in [7, 11) is 0. The van der Waals surface area contributed by atoms with Gasteiger partial charge in [0.15, 0.2) is 0 Å². The van der Waals surface area contributed by atoms with Crippen LogP contribution in [0.1, 0.15) is 6.92 Å². The molecule has 0 saturated heterocycles. The van der Waals surface area contributed by atoms with E-state index in [1.54, 1.807) is 0 Å². The molecule has 0 rings (SSSR count). The van der Waals surface area contributed by atoms with Crippen LogP contribution in [-0.4, -0.2) is 30.5 Å². The highest BCUT2D eigenvalue weighted by Gasteiger charge is 2.73. The van der Waals surface area contributed by atoms with Crippen molar-refractivity contribution in [3.63, 3.8) is 0 Å². The van der Waals surface area contributed by atoms with Gasteiger partial charge in [0.05, 0.1) is 0 Å². The second-order valence-corrected chi connectivity index (χ2v) is 2.94. The average Bonchev–Trinajstić information content (AvgIpc) is 1.98. The number of hydrogen-bond donors (Lipinski definition) is 0. The molecule has 0 aliphatic carbocycles. The normalized spacial score (nSPS) is 15.5. The molecule has 0 heterocycles. The first-order valence-electron chi connectivity index (χ1n) is 3.65. The molecule has 0 unspecified atom stereocenters. The highest BCUT2D eigenvalue weighted by Crippen LogP contribution is 2.48. The standard InChI is InChI=1S/C6H4F10O/c1-3(9,10)5(13,14)6(15,16)17-4(11,12)2(7)8/h2H,1H3. The number of hydrogen-bond acceptors (Lipinski definition) is 1. The van der Waals surface area contributed by atoms with Crippen molar-refractivity contribution < 1.29 is 48.6 Å². The van der Waals surface area contributed by atoms with Gasteiger partial charge < -0.3 is 0 Å². The van der Waals surface area contributed by atoms with E-state index in [9.17, 15) is 43.9 Å². The molecule has 0 fully saturated rings. The van der Waals surface area contributed by atoms with Crippen molar-refractivity contribution in [3.05, 3.63) is 0 Å². The van der Waals surface area contributed by atoms with E-state index >= 15 is 0 Å². The van der Waals surface area contributed by atoms with Crippen LogP contribution in [0, 0.1) is 0 Å². The number of rotatable bonds is 5. The van der Waals surface area contributed by atoms with Crippen LogP contribution in [0.4, 0.5) is 43.9 Å². The molecule has 0 aliphatic rings. The van der Waals surface area contributed by atoms with Gasteiger partial charge in [-0.05, 0) is 0 Å². The summed E-state index contributed by atoms with van der Waals surface area (Å²) in [6.45, 7) is -0.704. The minimum atomic E-state index is -6.47. The van der Waals surface area contributed by atoms with Crippen LogP contribution in [0.5, 0.6) is 0 Å². The van der Waals surface area contributed by atoms with Crippen molar-refractivity contribution in [2.45, 2.75) is 37.4 Å². The van der Waals surface area contributed by atoms with Gasteiger partial charge in [-0.15, -0.1) is 0 Å². The van der Waals surface area contributed by atoms with Gasteiger partial charge in [-0.3, -0.25) is 0 Å². The fourth-order valence-electron chi connectivity index (χ4n) is 0.535. The molecule has 11 heteroatoms. The zero-order chi connectivity index (χ0) is 14.3. The van der Waals surface area contributed by atoms with Crippen LogP contribution in [-0.2, 0) is 4.74 Å². The van der Waals surface area contributed by atoms with Crippen LogP contribution in [0.15, 0.2) is 0 Å². The molecule has 0 atom stereocenters. The lowest BCUT2D eigenvalue weighted by Crippen LogP contribution is -2.57. The van der Waals surface area contributed by atoms with E-state index in [0.29, 0.717) is 0 Å². The first-order chi connectivity index (χ1) is 7.15. The minimum Gasteiger partial charge on any atom is -0.246 e. The smallest absolute Gasteiger partial charge is 0.246 e. The summed E-state index contributed by atoms with van der Waals surface area (Å²) in [6.07, 6.45) is -17.3. The Bertz CT molecular complexity index is 266. The van der Waals surface area contributed by atoms with Crippen molar-refractivity contribution >= 4 is 0 Å². The molecule has 104 valence electrons. The van der Waals surface area contributed by atoms with E-state index in [1.807, 2.05) is 4.74 Å². The molecule has 0 saturated carbocycles. The molecule has 0 aromatic heterocycles. The van der Waals surface area contributed by atoms with Crippen molar-refractivity contribution in [3.8, 4) is 0 Å². The molecule has 17 heavy (non-hydrogen) atoms. The third-order valence-electron chi connectivity index (χ3n) is 1.44. The molecular formula is C6H4F10O. The van der Waals surface area contributed by atoms with Gasteiger partial charge in [-0.1, -0.05) is 0 Å². The first kappa shape index (κ1) is 16.3. The topological polar surface area (TPSA) is 9.23 Å². The van der Waals surface area contributed by atoms with Gasteiger partial charge >= 0.3 is 30.5 Å². The van der Waals surface area contributed by atoms with Gasteiger partial charge in [0.25, 0.3) is 0 Å². The summed E-state index contributed by atoms with van der Waals surface area (Å²) in [4.78, 5) is 0. The number of ether oxygens (including phenoxy) is 1. The van der Waals surface area contributed by atoms with Gasteiger partial charge in [-0.25, -0.2) is 13.5 Å². The van der Waals surface area contributed by atoms with Crippen molar-refractivity contribution in [1.82, 2.24) is 0 Å². The highest BCUT2D eigenvalue weighted by atomic mass is 19.4. The Labute approximate surface area is 87.3 Å². The molecule has 0 spiro atoms. The number of alkyl halides is 10. The Morgan fingerprint density at radius 1 is 0.824 bits per heavy atom. The van der Waals surface area contributed by atoms with E-state index < -0.39 is 37.4 Å². The van der Waals surface area contributed by atoms with E-state index in [0.717, 1.165) is 0 Å². The molecule has 0 aromatic carbocycles. The zero-order valence-corrected chi connectivity index (χ0v) is 7.77. The monoisotopic (exact) mass is 282 g/mol. The summed E-state index contributed by atoms with van der Waals surface area (Å²) in [6, 6.07) is 0. The summed E-state index contributed by atoms with van der Waals surface area (Å²) in [5.41, 5.74) is 0. The SMILES string of the molecule is CC(F)(F)C(F)(F)C(F)(F)OC(F)(F)C(F)F. The summed E-state index contributed by atoms with van der Waals surface area (Å²) in [5.74, 6) is -11.8. The van der Waals surface area contributed by atoms with Crippen LogP contribution in [0.2, 0.25) is 0 Å². The van der Waals surface area contributed by atoms with Gasteiger partial charge in [0.1, 0.15) is 0 Å². The van der Waals surface area contributed by atoms with Crippen LogP contribution < -0.4 is 0 Å². The van der Waals surface area contributed by atoms with E-state index in [2.05, 4.69) is 0 Å². The third-order valence-corrected chi connectivity index (χ3v) is 1.44. The zero-order valence-electron chi connectivity index (χ0n) is 7.77. The predicted octanol–water partition coefficient (Wildman–Crippen LogP) is 3.74. The van der Waals surface area contributed by atoms with Crippen LogP contribution in [0.3, 0.4) is 0 Å². The minimum absolute atomic E-state index is 0.704. The summed E-state index contributed by atoms with van der Waals surface area (Å²) >= 11 is 0. The number of halogens is 10. The molecule has 0 N–H and O–H groups in total. The fourth-order valence-corrected chi connectivity index (χ4v) is 0.535. The summed E-state index contributed by atoms with van der Waals surface area (Å²) < 4.78 is 122. The van der Waals surface area contributed by atoms with Crippen molar-refractivity contribution in [2.75, 3.05) is 0 Å². The molecule has 0 bridgehead atoms. The Balaban J connectivity index is 5.17. The second kappa shape index (κ2) is 4.18. The Morgan fingerprint density at radius 2 is 1.18 bits per heavy atom. The largest absolute Gasteiger partial charge is 0.430 e. The maximum atomic E-state index is 12.3. The highest BCUT2D eigenvalue weighted by molar-refractivity contribution is 4.89. The maximum absolute atomic E-state index is 12.3. The molecule has 0 amide bonds. The lowest BCUT2D eigenvalue weighted by Gasteiger charge is -2.32. The van der Waals surface area contributed by atoms with Gasteiger partial charge in [0.2, 0.25) is 0 Å². The third kappa shape index (κ3) is 3.13. The average molecular weight is 282 g/mol. The van der Waals surface area contributed by atoms with Crippen LogP contribution >= 0.6 is 0 Å². The fraction of sp³-hybridized carbons (Fsp3) is 1.00. The molecule has 0 radical (unpaired) electrons. The molecule has 0 aliphatic heterocycles.